The molecular weight excluding hydrogens is 598 g/mol. The van der Waals surface area contributed by atoms with Gasteiger partial charge in [-0.2, -0.15) is 0 Å². The van der Waals surface area contributed by atoms with Gasteiger partial charge >= 0.3 is 231 Å². The van der Waals surface area contributed by atoms with Gasteiger partial charge in [-0.1, -0.05) is 0 Å². The Bertz CT molecular complexity index is 1300. The number of halogens is 6. The molecule has 0 spiro atoms. The van der Waals surface area contributed by atoms with Crippen molar-refractivity contribution in [2.45, 2.75) is 66.7 Å². The third kappa shape index (κ3) is 5.70. The van der Waals surface area contributed by atoms with E-state index in [0.717, 1.165) is 64.3 Å². The normalized spacial score (nSPS) is 17.1. The van der Waals surface area contributed by atoms with Crippen LogP contribution in [0.4, 0.5) is 26.3 Å². The fourth-order valence-corrected chi connectivity index (χ4v) is 16.2. The van der Waals surface area contributed by atoms with Gasteiger partial charge in [-0.15, -0.1) is 0 Å². The molecule has 2 aliphatic carbocycles. The van der Waals surface area contributed by atoms with Gasteiger partial charge < -0.3 is 0 Å². The summed E-state index contributed by atoms with van der Waals surface area (Å²) >= 11 is -4.89. The van der Waals surface area contributed by atoms with Gasteiger partial charge in [0.1, 0.15) is 0 Å². The molecule has 0 unspecified atom stereocenters. The van der Waals surface area contributed by atoms with E-state index in [-0.39, 0.29) is 11.5 Å². The van der Waals surface area contributed by atoms with Crippen molar-refractivity contribution in [3.63, 3.8) is 0 Å². The molecule has 0 bridgehead atoms. The second-order valence-corrected chi connectivity index (χ2v) is 16.8. The van der Waals surface area contributed by atoms with Crippen LogP contribution in [0.2, 0.25) is 0 Å². The molecule has 9 heteroatoms. The van der Waals surface area contributed by atoms with Crippen molar-refractivity contribution in [2.75, 3.05) is 0 Å². The third-order valence-electron chi connectivity index (χ3n) is 7.49. The maximum absolute atomic E-state index is 13.3. The predicted molar refractivity (Wildman–Crippen MR) is 136 cm³/mol. The first-order valence-electron chi connectivity index (χ1n) is 12.5. The molecule has 0 saturated carbocycles. The first-order chi connectivity index (χ1) is 18.0. The number of benzene rings is 2. The summed E-state index contributed by atoms with van der Waals surface area (Å²) < 4.78 is 95.2. The van der Waals surface area contributed by atoms with Gasteiger partial charge in [0.15, 0.2) is 0 Å². The van der Waals surface area contributed by atoms with Crippen LogP contribution in [-0.2, 0) is 33.5 Å². The van der Waals surface area contributed by atoms with Crippen LogP contribution in [0.15, 0.2) is 88.5 Å². The minimum absolute atomic E-state index is 0.223. The number of hydrogen-bond donors (Lipinski definition) is 0. The average Bonchev–Trinajstić information content (AvgIpc) is 3.24. The van der Waals surface area contributed by atoms with Crippen LogP contribution in [-0.4, -0.2) is 0 Å². The van der Waals surface area contributed by atoms with E-state index in [9.17, 15) is 26.3 Å². The van der Waals surface area contributed by atoms with Crippen LogP contribution < -0.4 is 5.63 Å². The molecule has 0 amide bonds. The van der Waals surface area contributed by atoms with Crippen LogP contribution in [0.25, 0.3) is 0 Å². The second-order valence-electron chi connectivity index (χ2n) is 10.3. The van der Waals surface area contributed by atoms with Crippen molar-refractivity contribution in [3.8, 4) is 11.5 Å². The van der Waals surface area contributed by atoms with Crippen LogP contribution in [0, 0.1) is 0 Å². The van der Waals surface area contributed by atoms with E-state index >= 15 is 0 Å². The van der Waals surface area contributed by atoms with E-state index in [1.54, 1.807) is 0 Å². The van der Waals surface area contributed by atoms with Crippen molar-refractivity contribution in [2.24, 2.45) is 0 Å². The Kier molecular flexibility index (Phi) is 7.90. The molecule has 2 aromatic carbocycles. The minimum atomic E-state index is -4.89. The summed E-state index contributed by atoms with van der Waals surface area (Å²) in [4.78, 5) is 0. The quantitative estimate of drug-likeness (QED) is 0.297. The van der Waals surface area contributed by atoms with E-state index in [0.29, 0.717) is 12.8 Å². The number of allylic oxidation sites excluding steroid dienone is 8. The average molecular weight is 628 g/mol. The van der Waals surface area contributed by atoms with Gasteiger partial charge in [0.2, 0.25) is 0 Å². The van der Waals surface area contributed by atoms with Crippen molar-refractivity contribution < 1.29 is 53.1 Å². The van der Waals surface area contributed by atoms with Crippen LogP contribution in [0.5, 0.6) is 11.5 Å². The maximum atomic E-state index is 13.3. The Morgan fingerprint density at radius 2 is 0.821 bits per heavy atom. The van der Waals surface area contributed by atoms with Crippen molar-refractivity contribution >= 4 is 0 Å². The standard InChI is InChI=1S/2C8H11.2C7H5F3O.Zr/c2*1-6-4-7(2)8(3)5-6;2*8-7(9,10)5-1-3-6(11)4-2-5;/h2*4H2,1-3H3;2*1-4,11H;/q;;;;+2/p-2. The fourth-order valence-electron chi connectivity index (χ4n) is 5.47. The first-order valence-corrected chi connectivity index (χ1v) is 17.0. The molecular formula is C30H30F6O2Zr. The van der Waals surface area contributed by atoms with Gasteiger partial charge in [-0.3, -0.25) is 0 Å². The Hall–Kier alpha value is -2.54. The molecule has 0 radical (unpaired) electrons. The van der Waals surface area contributed by atoms with Gasteiger partial charge in [-0.05, 0) is 0 Å². The molecule has 4 rings (SSSR count). The van der Waals surface area contributed by atoms with Gasteiger partial charge in [0, 0.05) is 0 Å². The molecule has 2 aliphatic rings. The van der Waals surface area contributed by atoms with E-state index < -0.39 is 44.6 Å². The number of hydrogen-bond acceptors (Lipinski definition) is 2. The first kappa shape index (κ1) is 29.4. The van der Waals surface area contributed by atoms with Crippen LogP contribution >= 0.6 is 0 Å². The monoisotopic (exact) mass is 626 g/mol. The predicted octanol–water partition coefficient (Wildman–Crippen LogP) is 10.2. The zero-order valence-corrected chi connectivity index (χ0v) is 25.1. The third-order valence-corrected chi connectivity index (χ3v) is 17.2. The van der Waals surface area contributed by atoms with E-state index in [2.05, 4.69) is 0 Å². The van der Waals surface area contributed by atoms with Crippen molar-refractivity contribution in [1.82, 2.24) is 0 Å². The molecule has 208 valence electrons. The summed E-state index contributed by atoms with van der Waals surface area (Å²) in [5.74, 6) is 0.446. The van der Waals surface area contributed by atoms with Crippen LogP contribution in [0.1, 0.15) is 65.5 Å². The van der Waals surface area contributed by atoms with Gasteiger partial charge in [0.05, 0.1) is 0 Å². The van der Waals surface area contributed by atoms with Crippen molar-refractivity contribution in [3.05, 3.63) is 99.7 Å². The number of rotatable bonds is 6. The Morgan fingerprint density at radius 1 is 0.513 bits per heavy atom. The summed E-state index contributed by atoms with van der Waals surface area (Å²) in [5, 5.41) is 0. The fraction of sp³-hybridized carbons (Fsp3) is 0.333. The molecule has 2 nitrogen and oxygen atoms in total. The SMILES string of the molecule is CC1=C(C)[C]([Zr]([O]c2ccc(C(F)(F)F)cc2)([O]c2ccc(C(F)(F)F)cc2)[C]2=C(C)CC(C)=C2C)=C(C)C1. The molecule has 0 aliphatic heterocycles. The van der Waals surface area contributed by atoms with Gasteiger partial charge in [0.25, 0.3) is 0 Å². The van der Waals surface area contributed by atoms with E-state index in [1.807, 2.05) is 41.5 Å². The Balaban J connectivity index is 1.96. The zero-order valence-electron chi connectivity index (χ0n) is 22.6. The summed E-state index contributed by atoms with van der Waals surface area (Å²) in [6.45, 7) is 12.0. The number of alkyl halides is 6. The molecule has 0 aromatic heterocycles. The van der Waals surface area contributed by atoms with E-state index in [1.165, 1.54) is 24.3 Å². The van der Waals surface area contributed by atoms with E-state index in [4.69, 9.17) is 5.63 Å². The zero-order chi connectivity index (χ0) is 28.9. The molecule has 0 saturated heterocycles. The van der Waals surface area contributed by atoms with Crippen molar-refractivity contribution in [1.29, 1.82) is 0 Å². The Morgan fingerprint density at radius 3 is 1.05 bits per heavy atom. The molecule has 0 heterocycles. The molecule has 2 aromatic rings. The second kappa shape index (κ2) is 10.5. The summed E-state index contributed by atoms with van der Waals surface area (Å²) in [5.41, 5.74) is 4.74. The molecule has 0 atom stereocenters. The topological polar surface area (TPSA) is 18.5 Å². The van der Waals surface area contributed by atoms with Crippen LogP contribution in [0.3, 0.4) is 0 Å². The molecule has 0 N–H and O–H groups in total. The summed E-state index contributed by atoms with van der Waals surface area (Å²) in [6, 6.07) is 9.04. The summed E-state index contributed by atoms with van der Waals surface area (Å²) in [6.07, 6.45) is -7.61. The Labute approximate surface area is 230 Å². The summed E-state index contributed by atoms with van der Waals surface area (Å²) in [7, 11) is 0. The molecule has 39 heavy (non-hydrogen) atoms. The molecule has 0 fully saturated rings. The van der Waals surface area contributed by atoms with Gasteiger partial charge in [-0.25, -0.2) is 0 Å².